The van der Waals surface area contributed by atoms with Gasteiger partial charge in [-0.1, -0.05) is 19.1 Å². The number of nitrogens with one attached hydrogen (secondary N) is 1. The zero-order chi connectivity index (χ0) is 14.3. The molecule has 0 saturated heterocycles. The molecular formula is C16H28N2O. The lowest BCUT2D eigenvalue weighted by molar-refractivity contribution is 0.0846. The normalized spacial score (nSPS) is 12.7. The lowest BCUT2D eigenvalue weighted by atomic mass is 10.0. The van der Waals surface area contributed by atoms with Crippen LogP contribution in [0.2, 0.25) is 0 Å². The molecule has 1 atom stereocenters. The van der Waals surface area contributed by atoms with E-state index in [1.165, 1.54) is 11.3 Å². The first-order chi connectivity index (χ1) is 9.08. The largest absolute Gasteiger partial charge is 0.377 e. The van der Waals surface area contributed by atoms with Gasteiger partial charge in [-0.05, 0) is 45.0 Å². The molecular weight excluding hydrogens is 236 g/mol. The predicted molar refractivity (Wildman–Crippen MR) is 82.9 cm³/mol. The number of hydrogen-bond acceptors (Lipinski definition) is 3. The third-order valence-corrected chi connectivity index (χ3v) is 3.37. The van der Waals surface area contributed by atoms with E-state index >= 15 is 0 Å². The number of ether oxygens (including phenoxy) is 1. The van der Waals surface area contributed by atoms with Crippen molar-refractivity contribution in [3.05, 3.63) is 29.8 Å². The van der Waals surface area contributed by atoms with Crippen molar-refractivity contribution in [3.63, 3.8) is 0 Å². The van der Waals surface area contributed by atoms with E-state index in [1.54, 1.807) is 0 Å². The number of likely N-dealkylation sites (N-methyl/N-ethyl adjacent to an activating group) is 1. The molecule has 1 N–H and O–H groups in total. The van der Waals surface area contributed by atoms with E-state index in [4.69, 9.17) is 4.74 Å². The lowest BCUT2D eigenvalue weighted by Crippen LogP contribution is -2.24. The number of nitrogens with zero attached hydrogens (tertiary/aromatic N) is 1. The summed E-state index contributed by atoms with van der Waals surface area (Å²) >= 11 is 0. The van der Waals surface area contributed by atoms with Crippen molar-refractivity contribution in [2.45, 2.75) is 39.3 Å². The van der Waals surface area contributed by atoms with Gasteiger partial charge in [-0.25, -0.2) is 0 Å². The van der Waals surface area contributed by atoms with Gasteiger partial charge in [0.25, 0.3) is 0 Å². The van der Waals surface area contributed by atoms with Crippen LogP contribution in [0.3, 0.4) is 0 Å². The van der Waals surface area contributed by atoms with Crippen molar-refractivity contribution in [2.75, 3.05) is 32.1 Å². The van der Waals surface area contributed by atoms with E-state index in [2.05, 4.69) is 62.3 Å². The Morgan fingerprint density at radius 3 is 2.32 bits per heavy atom. The number of hydrogen-bond donors (Lipinski definition) is 1. The Labute approximate surface area is 118 Å². The zero-order valence-corrected chi connectivity index (χ0v) is 12.9. The van der Waals surface area contributed by atoms with Gasteiger partial charge in [0, 0.05) is 25.3 Å². The molecule has 0 spiro atoms. The van der Waals surface area contributed by atoms with Gasteiger partial charge in [-0.2, -0.15) is 0 Å². The van der Waals surface area contributed by atoms with E-state index in [0.717, 1.165) is 19.6 Å². The molecule has 0 fully saturated rings. The molecule has 0 amide bonds. The smallest absolute Gasteiger partial charge is 0.0644 e. The summed E-state index contributed by atoms with van der Waals surface area (Å²) in [5.41, 5.74) is 2.59. The summed E-state index contributed by atoms with van der Waals surface area (Å²) < 4.78 is 5.58. The monoisotopic (exact) mass is 264 g/mol. The van der Waals surface area contributed by atoms with Crippen LogP contribution in [0.1, 0.15) is 38.8 Å². The van der Waals surface area contributed by atoms with Gasteiger partial charge in [0.05, 0.1) is 12.7 Å². The molecule has 0 heterocycles. The van der Waals surface area contributed by atoms with Crippen molar-refractivity contribution in [1.82, 2.24) is 5.32 Å². The average Bonchev–Trinajstić information content (AvgIpc) is 2.40. The van der Waals surface area contributed by atoms with Gasteiger partial charge < -0.3 is 15.0 Å². The summed E-state index contributed by atoms with van der Waals surface area (Å²) in [5, 5.41) is 3.33. The first-order valence-electron chi connectivity index (χ1n) is 7.18. The molecule has 0 aromatic heterocycles. The fourth-order valence-electron chi connectivity index (χ4n) is 2.12. The Morgan fingerprint density at radius 2 is 1.84 bits per heavy atom. The summed E-state index contributed by atoms with van der Waals surface area (Å²) in [7, 11) is 4.12. The van der Waals surface area contributed by atoms with Crippen molar-refractivity contribution < 1.29 is 4.74 Å². The zero-order valence-electron chi connectivity index (χ0n) is 12.9. The fraction of sp³-hybridized carbons (Fsp3) is 0.625. The van der Waals surface area contributed by atoms with Gasteiger partial charge in [-0.15, -0.1) is 0 Å². The molecule has 1 aromatic rings. The minimum absolute atomic E-state index is 0.303. The maximum Gasteiger partial charge on any atom is 0.0644 e. The second kappa shape index (κ2) is 8.18. The molecule has 19 heavy (non-hydrogen) atoms. The van der Waals surface area contributed by atoms with Gasteiger partial charge in [0.2, 0.25) is 0 Å². The molecule has 0 bridgehead atoms. The van der Waals surface area contributed by atoms with Gasteiger partial charge in [0.1, 0.15) is 0 Å². The first-order valence-corrected chi connectivity index (χ1v) is 7.18. The quantitative estimate of drug-likeness (QED) is 0.780. The van der Waals surface area contributed by atoms with Crippen LogP contribution in [-0.4, -0.2) is 33.4 Å². The van der Waals surface area contributed by atoms with Crippen molar-refractivity contribution in [2.24, 2.45) is 0 Å². The van der Waals surface area contributed by atoms with E-state index in [1.807, 2.05) is 7.05 Å². The van der Waals surface area contributed by atoms with E-state index in [9.17, 15) is 0 Å². The Kier molecular flexibility index (Phi) is 6.89. The van der Waals surface area contributed by atoms with Crippen LogP contribution < -0.4 is 10.2 Å². The lowest BCUT2D eigenvalue weighted by Gasteiger charge is -2.21. The van der Waals surface area contributed by atoms with Crippen molar-refractivity contribution in [1.29, 1.82) is 0 Å². The topological polar surface area (TPSA) is 24.5 Å². The van der Waals surface area contributed by atoms with Crippen molar-refractivity contribution in [3.8, 4) is 0 Å². The van der Waals surface area contributed by atoms with Crippen LogP contribution in [0.4, 0.5) is 5.69 Å². The van der Waals surface area contributed by atoms with Crippen LogP contribution in [-0.2, 0) is 4.74 Å². The Bertz CT molecular complexity index is 344. The Balaban J connectivity index is 2.55. The van der Waals surface area contributed by atoms with E-state index < -0.39 is 0 Å². The van der Waals surface area contributed by atoms with Crippen LogP contribution in [0, 0.1) is 0 Å². The summed E-state index contributed by atoms with van der Waals surface area (Å²) in [4.78, 5) is 2.23. The fourth-order valence-corrected chi connectivity index (χ4v) is 2.12. The second-order valence-electron chi connectivity index (χ2n) is 5.18. The minimum Gasteiger partial charge on any atom is -0.377 e. The first kappa shape index (κ1) is 16.0. The third-order valence-electron chi connectivity index (χ3n) is 3.37. The van der Waals surface area contributed by atoms with Gasteiger partial charge in [-0.3, -0.25) is 0 Å². The molecule has 3 nitrogen and oxygen atoms in total. The molecule has 1 unspecified atom stereocenters. The summed E-state index contributed by atoms with van der Waals surface area (Å²) in [6.45, 7) is 8.02. The van der Waals surface area contributed by atoms with Crippen LogP contribution >= 0.6 is 0 Å². The minimum atomic E-state index is 0.303. The molecule has 1 rings (SSSR count). The van der Waals surface area contributed by atoms with Crippen LogP contribution in [0.15, 0.2) is 24.3 Å². The summed E-state index contributed by atoms with van der Waals surface area (Å²) in [6, 6.07) is 9.23. The molecule has 108 valence electrons. The molecule has 1 aromatic carbocycles. The highest BCUT2D eigenvalue weighted by Crippen LogP contribution is 2.20. The Morgan fingerprint density at radius 1 is 1.21 bits per heavy atom. The molecule has 0 aliphatic rings. The van der Waals surface area contributed by atoms with Crippen LogP contribution in [0.25, 0.3) is 0 Å². The molecule has 0 radical (unpaired) electrons. The predicted octanol–water partition coefficient (Wildman–Crippen LogP) is 3.22. The molecule has 0 aliphatic heterocycles. The standard InChI is InChI=1S/C16H28N2O/c1-6-16(17-4)14-7-9-15(10-8-14)18(5)11-12-19-13(2)3/h7-10,13,16-17H,6,11-12H2,1-5H3. The summed E-state index contributed by atoms with van der Waals surface area (Å²) in [5.74, 6) is 0. The second-order valence-corrected chi connectivity index (χ2v) is 5.18. The van der Waals surface area contributed by atoms with Gasteiger partial charge >= 0.3 is 0 Å². The maximum atomic E-state index is 5.58. The SMILES string of the molecule is CCC(NC)c1ccc(N(C)CCOC(C)C)cc1. The number of rotatable bonds is 8. The molecule has 0 aliphatic carbocycles. The van der Waals surface area contributed by atoms with Crippen LogP contribution in [0.5, 0.6) is 0 Å². The highest BCUT2D eigenvalue weighted by molar-refractivity contribution is 5.47. The Hall–Kier alpha value is -1.06. The van der Waals surface area contributed by atoms with Crippen molar-refractivity contribution >= 4 is 5.69 Å². The molecule has 0 saturated carbocycles. The highest BCUT2D eigenvalue weighted by Gasteiger charge is 2.07. The third kappa shape index (κ3) is 5.21. The van der Waals surface area contributed by atoms with E-state index in [0.29, 0.717) is 12.1 Å². The summed E-state index contributed by atoms with van der Waals surface area (Å²) in [6.07, 6.45) is 1.41. The number of anilines is 1. The average molecular weight is 264 g/mol. The highest BCUT2D eigenvalue weighted by atomic mass is 16.5. The number of benzene rings is 1. The van der Waals surface area contributed by atoms with Gasteiger partial charge in [0.15, 0.2) is 0 Å². The molecule has 3 heteroatoms. The maximum absolute atomic E-state index is 5.58. The van der Waals surface area contributed by atoms with E-state index in [-0.39, 0.29) is 0 Å².